The van der Waals surface area contributed by atoms with Crippen molar-refractivity contribution in [3.05, 3.63) is 88.5 Å². The molecule has 0 bridgehead atoms. The predicted molar refractivity (Wildman–Crippen MR) is 147 cm³/mol. The predicted octanol–water partition coefficient (Wildman–Crippen LogP) is 3.89. The van der Waals surface area contributed by atoms with Crippen LogP contribution in [0.4, 0.5) is 0 Å². The number of nitrogens with zero attached hydrogens (tertiary/aromatic N) is 2. The molecule has 1 aliphatic heterocycles. The van der Waals surface area contributed by atoms with Crippen molar-refractivity contribution in [1.82, 2.24) is 4.57 Å². The van der Waals surface area contributed by atoms with Crippen LogP contribution < -0.4 is 24.4 Å². The van der Waals surface area contributed by atoms with Gasteiger partial charge in [-0.05, 0) is 66.0 Å². The Bertz CT molecular complexity index is 1610. The highest BCUT2D eigenvalue weighted by atomic mass is 79.9. The molecule has 0 amide bonds. The first kappa shape index (κ1) is 26.5. The van der Waals surface area contributed by atoms with Gasteiger partial charge in [0.15, 0.2) is 16.3 Å². The number of fused-ring (bicyclic) bond motifs is 1. The first-order valence-corrected chi connectivity index (χ1v) is 13.1. The molecule has 4 rings (SSSR count). The van der Waals surface area contributed by atoms with Gasteiger partial charge in [0, 0.05) is 0 Å². The first-order chi connectivity index (χ1) is 17.8. The van der Waals surface area contributed by atoms with Gasteiger partial charge in [0.2, 0.25) is 0 Å². The molecule has 190 valence electrons. The summed E-state index contributed by atoms with van der Waals surface area (Å²) in [5.41, 5.74) is 3.21. The van der Waals surface area contributed by atoms with Crippen LogP contribution in [-0.4, -0.2) is 30.9 Å². The Hall–Kier alpha value is -3.61. The van der Waals surface area contributed by atoms with Crippen LogP contribution >= 0.6 is 27.3 Å². The van der Waals surface area contributed by atoms with E-state index < -0.39 is 12.0 Å². The van der Waals surface area contributed by atoms with E-state index >= 15 is 0 Å². The molecule has 9 heteroatoms. The quantitative estimate of drug-likeness (QED) is 0.313. The van der Waals surface area contributed by atoms with Gasteiger partial charge >= 0.3 is 5.97 Å². The maximum atomic E-state index is 13.8. The minimum atomic E-state index is -0.654. The summed E-state index contributed by atoms with van der Waals surface area (Å²) in [5.74, 6) is 2.90. The zero-order chi connectivity index (χ0) is 26.7. The number of methoxy groups -OCH3 is 1. The first-order valence-electron chi connectivity index (χ1n) is 11.5. The van der Waals surface area contributed by atoms with Gasteiger partial charge < -0.3 is 14.2 Å². The zero-order valence-electron chi connectivity index (χ0n) is 20.8. The Morgan fingerprint density at radius 1 is 1.27 bits per heavy atom. The fourth-order valence-electron chi connectivity index (χ4n) is 4.08. The highest BCUT2D eigenvalue weighted by Crippen LogP contribution is 2.37. The number of benzene rings is 2. The molecule has 7 nitrogen and oxygen atoms in total. The maximum Gasteiger partial charge on any atom is 0.338 e. The lowest BCUT2D eigenvalue weighted by molar-refractivity contribution is -0.139. The van der Waals surface area contributed by atoms with E-state index in [1.807, 2.05) is 37.3 Å². The summed E-state index contributed by atoms with van der Waals surface area (Å²) < 4.78 is 19.1. The molecule has 0 spiro atoms. The van der Waals surface area contributed by atoms with E-state index in [0.717, 1.165) is 16.7 Å². The minimum Gasteiger partial charge on any atom is -0.493 e. The monoisotopic (exact) mass is 580 g/mol. The summed E-state index contributed by atoms with van der Waals surface area (Å²) in [5, 5.41) is 0. The van der Waals surface area contributed by atoms with Crippen molar-refractivity contribution in [3.63, 3.8) is 0 Å². The number of allylic oxidation sites excluding steroid dienone is 1. The SMILES string of the molecule is C#CCOc1c(Br)cc(/C=c2/sc3n(c2=O)[C@H](c2ccc(C)cc2)C(C(=O)OCC)=C(C)N=3)cc1OC. The van der Waals surface area contributed by atoms with Gasteiger partial charge in [-0.25, -0.2) is 9.79 Å². The number of hydrogen-bond donors (Lipinski definition) is 0. The molecule has 0 aliphatic carbocycles. The van der Waals surface area contributed by atoms with Gasteiger partial charge in [0.25, 0.3) is 5.56 Å². The van der Waals surface area contributed by atoms with Gasteiger partial charge in [-0.1, -0.05) is 47.1 Å². The van der Waals surface area contributed by atoms with Crippen molar-refractivity contribution in [2.24, 2.45) is 4.99 Å². The van der Waals surface area contributed by atoms with Crippen LogP contribution in [0.15, 0.2) is 61.9 Å². The smallest absolute Gasteiger partial charge is 0.338 e. The second kappa shape index (κ2) is 11.2. The molecule has 2 aromatic carbocycles. The molecular formula is C28H25BrN2O5S. The van der Waals surface area contributed by atoms with Crippen LogP contribution in [0.2, 0.25) is 0 Å². The fraction of sp³-hybridized carbons (Fsp3) is 0.250. The summed E-state index contributed by atoms with van der Waals surface area (Å²) in [6.45, 7) is 5.81. The number of ether oxygens (including phenoxy) is 3. The van der Waals surface area contributed by atoms with Gasteiger partial charge in [0.05, 0.1) is 40.0 Å². The van der Waals surface area contributed by atoms with Crippen molar-refractivity contribution in [1.29, 1.82) is 0 Å². The Kier molecular flexibility index (Phi) is 8.00. The average molecular weight is 581 g/mol. The highest BCUT2D eigenvalue weighted by molar-refractivity contribution is 9.10. The van der Waals surface area contributed by atoms with Gasteiger partial charge in [-0.15, -0.1) is 6.42 Å². The molecule has 0 saturated carbocycles. The molecule has 0 unspecified atom stereocenters. The molecular weight excluding hydrogens is 556 g/mol. The third kappa shape index (κ3) is 5.26. The van der Waals surface area contributed by atoms with E-state index in [4.69, 9.17) is 20.6 Å². The number of terminal acetylenes is 1. The largest absolute Gasteiger partial charge is 0.493 e. The van der Waals surface area contributed by atoms with E-state index in [0.29, 0.717) is 36.6 Å². The zero-order valence-corrected chi connectivity index (χ0v) is 23.2. The Labute approximate surface area is 226 Å². The topological polar surface area (TPSA) is 79.1 Å². The van der Waals surface area contributed by atoms with E-state index in [-0.39, 0.29) is 18.8 Å². The second-order valence-corrected chi connectivity index (χ2v) is 10.1. The molecule has 1 aromatic heterocycles. The molecule has 2 heterocycles. The number of halogens is 1. The number of carbonyl (C=O) groups is 1. The molecule has 37 heavy (non-hydrogen) atoms. The number of hydrogen-bond acceptors (Lipinski definition) is 7. The average Bonchev–Trinajstić information content (AvgIpc) is 3.17. The van der Waals surface area contributed by atoms with E-state index in [1.54, 1.807) is 30.6 Å². The molecule has 1 aliphatic rings. The third-order valence-electron chi connectivity index (χ3n) is 5.76. The van der Waals surface area contributed by atoms with Crippen molar-refractivity contribution < 1.29 is 19.0 Å². The summed E-state index contributed by atoms with van der Waals surface area (Å²) in [7, 11) is 1.53. The minimum absolute atomic E-state index is 0.0913. The number of aryl methyl sites for hydroxylation is 1. The van der Waals surface area contributed by atoms with Crippen LogP contribution in [-0.2, 0) is 9.53 Å². The van der Waals surface area contributed by atoms with Gasteiger partial charge in [-0.2, -0.15) is 0 Å². The lowest BCUT2D eigenvalue weighted by Crippen LogP contribution is -2.39. The fourth-order valence-corrected chi connectivity index (χ4v) is 5.70. The number of esters is 1. The van der Waals surface area contributed by atoms with Crippen LogP contribution in [0.5, 0.6) is 11.5 Å². The van der Waals surface area contributed by atoms with Crippen LogP contribution in [0.3, 0.4) is 0 Å². The summed E-state index contributed by atoms with van der Waals surface area (Å²) in [6, 6.07) is 10.7. The molecule has 0 saturated heterocycles. The normalized spacial score (nSPS) is 15.0. The Balaban J connectivity index is 1.90. The van der Waals surface area contributed by atoms with Gasteiger partial charge in [0.1, 0.15) is 6.61 Å². The lowest BCUT2D eigenvalue weighted by Gasteiger charge is -2.24. The number of rotatable bonds is 7. The summed E-state index contributed by atoms with van der Waals surface area (Å²) in [4.78, 5) is 31.9. The third-order valence-corrected chi connectivity index (χ3v) is 7.33. The molecule has 3 aromatic rings. The second-order valence-electron chi connectivity index (χ2n) is 8.24. The number of aromatic nitrogens is 1. The molecule has 0 fully saturated rings. The van der Waals surface area contributed by atoms with Crippen LogP contribution in [0.1, 0.15) is 36.6 Å². The van der Waals surface area contributed by atoms with Crippen molar-refractivity contribution >= 4 is 39.3 Å². The van der Waals surface area contributed by atoms with Gasteiger partial charge in [-0.3, -0.25) is 9.36 Å². The number of carbonyl (C=O) groups excluding carboxylic acids is 1. The lowest BCUT2D eigenvalue weighted by atomic mass is 9.95. The number of thiazole rings is 1. The molecule has 0 radical (unpaired) electrons. The van der Waals surface area contributed by atoms with E-state index in [9.17, 15) is 9.59 Å². The Morgan fingerprint density at radius 3 is 2.65 bits per heavy atom. The van der Waals surface area contributed by atoms with Crippen LogP contribution in [0.25, 0.3) is 6.08 Å². The van der Waals surface area contributed by atoms with Crippen LogP contribution in [0, 0.1) is 19.3 Å². The summed E-state index contributed by atoms with van der Waals surface area (Å²) in [6.07, 6.45) is 7.08. The standard InChI is InChI=1S/C28H25BrN2O5S/c1-6-12-36-25-20(29)13-18(14-21(25)34-5)15-22-26(32)31-24(19-10-8-16(3)9-11-19)23(27(33)35-7-2)17(4)30-28(31)37-22/h1,8-11,13-15,24H,7,12H2,2-5H3/b22-15+/t24-/m1/s1. The van der Waals surface area contributed by atoms with E-state index in [1.165, 1.54) is 18.4 Å². The van der Waals surface area contributed by atoms with E-state index in [2.05, 4.69) is 26.8 Å². The van der Waals surface area contributed by atoms with Crippen molar-refractivity contribution in [2.75, 3.05) is 20.3 Å². The maximum absolute atomic E-state index is 13.8. The molecule has 1 atom stereocenters. The molecule has 0 N–H and O–H groups in total. The Morgan fingerprint density at radius 2 is 2.00 bits per heavy atom. The highest BCUT2D eigenvalue weighted by Gasteiger charge is 2.33. The van der Waals surface area contributed by atoms with Crippen molar-refractivity contribution in [3.8, 4) is 23.8 Å². The summed E-state index contributed by atoms with van der Waals surface area (Å²) >= 11 is 4.75. The van der Waals surface area contributed by atoms with Crippen molar-refractivity contribution in [2.45, 2.75) is 26.8 Å².